The van der Waals surface area contributed by atoms with Gasteiger partial charge in [-0.05, 0) is 55.5 Å². The fraction of sp³-hybridized carbons (Fsp3) is 0.429. The molecule has 3 saturated heterocycles. The van der Waals surface area contributed by atoms with Crippen molar-refractivity contribution in [3.8, 4) is 5.75 Å². The van der Waals surface area contributed by atoms with Crippen molar-refractivity contribution in [2.24, 2.45) is 11.8 Å². The van der Waals surface area contributed by atoms with E-state index in [2.05, 4.69) is 22.5 Å². The van der Waals surface area contributed by atoms with Gasteiger partial charge in [0.1, 0.15) is 11.9 Å². The zero-order valence-electron chi connectivity index (χ0n) is 15.0. The molecule has 0 radical (unpaired) electrons. The van der Waals surface area contributed by atoms with Crippen LogP contribution in [0.25, 0.3) is 10.9 Å². The topological polar surface area (TPSA) is 51.7 Å². The predicted octanol–water partition coefficient (Wildman–Crippen LogP) is 3.35. The monoisotopic (exact) mass is 352 g/mol. The van der Waals surface area contributed by atoms with Crippen LogP contribution in [0.4, 0.5) is 0 Å². The predicted molar refractivity (Wildman–Crippen MR) is 100.0 cm³/mol. The van der Waals surface area contributed by atoms with E-state index in [1.807, 2.05) is 24.3 Å². The Labute approximate surface area is 153 Å². The minimum atomic E-state index is -0.307. The van der Waals surface area contributed by atoms with Gasteiger partial charge in [0, 0.05) is 23.7 Å². The number of nitrogens with zero attached hydrogens (tertiary/aromatic N) is 2. The normalized spacial score (nSPS) is 28.5. The van der Waals surface area contributed by atoms with Gasteiger partial charge in [0.25, 0.3) is 6.47 Å². The summed E-state index contributed by atoms with van der Waals surface area (Å²) in [6.45, 7) is 6.60. The molecule has 0 amide bonds. The van der Waals surface area contributed by atoms with Crippen molar-refractivity contribution in [1.29, 1.82) is 0 Å². The lowest BCUT2D eigenvalue weighted by atomic mass is 9.73. The number of rotatable bonds is 6. The molecule has 3 aliphatic heterocycles. The second kappa shape index (κ2) is 7.08. The number of hydrogen-bond donors (Lipinski definition) is 0. The summed E-state index contributed by atoms with van der Waals surface area (Å²) in [7, 11) is 1.65. The largest absolute Gasteiger partial charge is 0.497 e. The molecule has 2 aromatic rings. The van der Waals surface area contributed by atoms with Crippen molar-refractivity contribution in [2.45, 2.75) is 25.0 Å². The van der Waals surface area contributed by atoms with E-state index < -0.39 is 0 Å². The summed E-state index contributed by atoms with van der Waals surface area (Å²) in [5, 5.41) is 0.974. The molecule has 4 heterocycles. The van der Waals surface area contributed by atoms with Crippen LogP contribution in [0.15, 0.2) is 43.1 Å². The number of carbonyl (C=O) groups excluding carboxylic acids is 1. The maximum Gasteiger partial charge on any atom is 0.293 e. The fourth-order valence-electron chi connectivity index (χ4n) is 4.64. The molecule has 3 fully saturated rings. The summed E-state index contributed by atoms with van der Waals surface area (Å²) in [5.74, 6) is 1.92. The Balaban J connectivity index is 1.75. The first-order valence-electron chi connectivity index (χ1n) is 9.13. The quantitative estimate of drug-likeness (QED) is 0.589. The molecule has 3 aliphatic rings. The van der Waals surface area contributed by atoms with Crippen LogP contribution in [0, 0.1) is 11.8 Å². The van der Waals surface area contributed by atoms with Gasteiger partial charge in [0.15, 0.2) is 0 Å². The average Bonchev–Trinajstić information content (AvgIpc) is 2.71. The number of ether oxygens (including phenoxy) is 2. The van der Waals surface area contributed by atoms with Gasteiger partial charge in [0.05, 0.1) is 18.7 Å². The smallest absolute Gasteiger partial charge is 0.293 e. The summed E-state index contributed by atoms with van der Waals surface area (Å²) >= 11 is 0. The Morgan fingerprint density at radius 2 is 2.27 bits per heavy atom. The third-order valence-corrected chi connectivity index (χ3v) is 5.99. The molecule has 1 aromatic carbocycles. The number of pyridine rings is 1. The lowest BCUT2D eigenvalue weighted by Crippen LogP contribution is -2.55. The lowest BCUT2D eigenvalue weighted by Gasteiger charge is -2.51. The summed E-state index contributed by atoms with van der Waals surface area (Å²) in [5.41, 5.74) is 1.87. The van der Waals surface area contributed by atoms with Crippen LogP contribution in [0.5, 0.6) is 5.75 Å². The van der Waals surface area contributed by atoms with E-state index in [0.717, 1.165) is 41.7 Å². The second-order valence-corrected chi connectivity index (χ2v) is 7.18. The van der Waals surface area contributed by atoms with Crippen LogP contribution in [0.2, 0.25) is 0 Å². The molecule has 5 heteroatoms. The molecule has 5 atom stereocenters. The highest BCUT2D eigenvalue weighted by atomic mass is 16.5. The first kappa shape index (κ1) is 17.0. The van der Waals surface area contributed by atoms with Gasteiger partial charge in [-0.3, -0.25) is 14.7 Å². The third kappa shape index (κ3) is 2.86. The van der Waals surface area contributed by atoms with Crippen molar-refractivity contribution < 1.29 is 14.3 Å². The molecule has 5 rings (SSSR count). The zero-order chi connectivity index (χ0) is 18.1. The zero-order valence-corrected chi connectivity index (χ0v) is 15.0. The summed E-state index contributed by atoms with van der Waals surface area (Å²) in [4.78, 5) is 18.2. The van der Waals surface area contributed by atoms with Crippen LogP contribution < -0.4 is 4.74 Å². The average molecular weight is 352 g/mol. The molecule has 26 heavy (non-hydrogen) atoms. The molecular weight excluding hydrogens is 328 g/mol. The molecule has 1 aromatic heterocycles. The third-order valence-electron chi connectivity index (χ3n) is 5.99. The molecule has 0 N–H and O–H groups in total. The SMILES string of the molecule is C=C[C@@H]1CN2CC[C@H]1C[C@H]2[C@@H](OC=O)c1ccnc2ccc(OC)cc12. The van der Waals surface area contributed by atoms with E-state index in [9.17, 15) is 4.79 Å². The van der Waals surface area contributed by atoms with Crippen molar-refractivity contribution in [3.63, 3.8) is 0 Å². The van der Waals surface area contributed by atoms with E-state index in [-0.39, 0.29) is 12.1 Å². The molecule has 5 nitrogen and oxygen atoms in total. The van der Waals surface area contributed by atoms with Gasteiger partial charge >= 0.3 is 0 Å². The summed E-state index contributed by atoms with van der Waals surface area (Å²) < 4.78 is 11.0. The molecule has 2 bridgehead atoms. The lowest BCUT2D eigenvalue weighted by molar-refractivity contribution is -0.141. The van der Waals surface area contributed by atoms with E-state index >= 15 is 0 Å². The number of hydrogen-bond acceptors (Lipinski definition) is 5. The van der Waals surface area contributed by atoms with Crippen LogP contribution in [-0.4, -0.2) is 42.6 Å². The van der Waals surface area contributed by atoms with E-state index in [0.29, 0.717) is 18.3 Å². The van der Waals surface area contributed by atoms with Gasteiger partial charge in [-0.1, -0.05) is 6.08 Å². The molecule has 136 valence electrons. The fourth-order valence-corrected chi connectivity index (χ4v) is 4.64. The molecule has 0 aliphatic carbocycles. The van der Waals surface area contributed by atoms with Crippen molar-refractivity contribution in [1.82, 2.24) is 9.88 Å². The first-order chi connectivity index (χ1) is 12.7. The molecule has 1 unspecified atom stereocenters. The Bertz CT molecular complexity index is 822. The highest BCUT2D eigenvalue weighted by Gasteiger charge is 2.43. The summed E-state index contributed by atoms with van der Waals surface area (Å²) in [6, 6.07) is 7.96. The van der Waals surface area contributed by atoms with Crippen LogP contribution >= 0.6 is 0 Å². The van der Waals surface area contributed by atoms with Gasteiger partial charge in [-0.15, -0.1) is 6.58 Å². The maximum atomic E-state index is 11.3. The van der Waals surface area contributed by atoms with Gasteiger partial charge in [0.2, 0.25) is 0 Å². The Morgan fingerprint density at radius 1 is 1.38 bits per heavy atom. The van der Waals surface area contributed by atoms with Gasteiger partial charge in [-0.2, -0.15) is 0 Å². The van der Waals surface area contributed by atoms with E-state index in [4.69, 9.17) is 9.47 Å². The Morgan fingerprint density at radius 3 is 2.96 bits per heavy atom. The van der Waals surface area contributed by atoms with E-state index in [1.165, 1.54) is 6.42 Å². The number of benzene rings is 1. The minimum Gasteiger partial charge on any atom is -0.497 e. The number of aromatic nitrogens is 1. The maximum absolute atomic E-state index is 11.3. The Kier molecular flexibility index (Phi) is 4.64. The highest BCUT2D eigenvalue weighted by Crippen LogP contribution is 2.43. The first-order valence-corrected chi connectivity index (χ1v) is 9.13. The van der Waals surface area contributed by atoms with Crippen molar-refractivity contribution in [2.75, 3.05) is 20.2 Å². The molecule has 0 spiro atoms. The van der Waals surface area contributed by atoms with Crippen LogP contribution in [0.1, 0.15) is 24.5 Å². The summed E-state index contributed by atoms with van der Waals surface area (Å²) in [6.07, 6.45) is 5.76. The molecular formula is C21H24N2O3. The number of piperidine rings is 3. The highest BCUT2D eigenvalue weighted by molar-refractivity contribution is 5.84. The number of fused-ring (bicyclic) bond motifs is 4. The number of carbonyl (C=O) groups is 1. The van der Waals surface area contributed by atoms with Gasteiger partial charge < -0.3 is 9.47 Å². The van der Waals surface area contributed by atoms with Crippen molar-refractivity contribution >= 4 is 17.4 Å². The Hall–Kier alpha value is -2.40. The standard InChI is InChI=1S/C21H24N2O3/c1-3-14-12-23-9-7-15(14)10-20(23)21(26-13-24)17-6-8-22-19-5-4-16(25-2)11-18(17)19/h3-6,8,11,13-15,20-21H,1,7,9-10,12H2,2H3/t14-,15+,20+,21+/m1/s1. The number of methoxy groups -OCH3 is 1. The molecule has 0 saturated carbocycles. The second-order valence-electron chi connectivity index (χ2n) is 7.18. The van der Waals surface area contributed by atoms with Crippen molar-refractivity contribution in [3.05, 3.63) is 48.7 Å². The van der Waals surface area contributed by atoms with Crippen LogP contribution in [0.3, 0.4) is 0 Å². The van der Waals surface area contributed by atoms with Crippen LogP contribution in [-0.2, 0) is 9.53 Å². The van der Waals surface area contributed by atoms with Gasteiger partial charge in [-0.25, -0.2) is 0 Å². The van der Waals surface area contributed by atoms with E-state index in [1.54, 1.807) is 13.3 Å². The minimum absolute atomic E-state index is 0.187.